The molecule has 3 aromatic rings. The fourth-order valence-electron chi connectivity index (χ4n) is 2.62. The van der Waals surface area contributed by atoms with Crippen molar-refractivity contribution in [3.05, 3.63) is 92.4 Å². The van der Waals surface area contributed by atoms with E-state index in [0.717, 1.165) is 16.7 Å². The van der Waals surface area contributed by atoms with Gasteiger partial charge in [-0.3, -0.25) is 0 Å². The van der Waals surface area contributed by atoms with Crippen molar-refractivity contribution in [2.45, 2.75) is 13.2 Å². The van der Waals surface area contributed by atoms with Crippen LogP contribution < -0.4 is 14.9 Å². The minimum atomic E-state index is 0.393. The van der Waals surface area contributed by atoms with Crippen LogP contribution in [-0.2, 0) is 13.2 Å². The zero-order chi connectivity index (χ0) is 20.6. The van der Waals surface area contributed by atoms with E-state index in [-0.39, 0.29) is 0 Å². The van der Waals surface area contributed by atoms with E-state index in [1.54, 1.807) is 31.5 Å². The highest BCUT2D eigenvalue weighted by Gasteiger charge is 2.07. The van der Waals surface area contributed by atoms with Crippen LogP contribution in [0.2, 0.25) is 15.1 Å². The Hall–Kier alpha value is -2.40. The van der Waals surface area contributed by atoms with Gasteiger partial charge < -0.3 is 14.9 Å². The monoisotopic (exact) mass is 448 g/mol. The molecule has 0 aliphatic rings. The first-order valence-corrected chi connectivity index (χ1v) is 9.94. The molecule has 0 spiro atoms. The number of nitrogens with zero attached hydrogens (tertiary/aromatic N) is 1. The first-order valence-electron chi connectivity index (χ1n) is 8.81. The largest absolute Gasteiger partial charge is 0.493 e. The first-order chi connectivity index (χ1) is 14.1. The molecule has 0 heterocycles. The lowest BCUT2D eigenvalue weighted by atomic mass is 10.2. The van der Waals surface area contributed by atoms with Crippen LogP contribution >= 0.6 is 34.8 Å². The third kappa shape index (κ3) is 6.04. The molecule has 0 aliphatic heterocycles. The summed E-state index contributed by atoms with van der Waals surface area (Å²) < 4.78 is 11.3. The molecule has 0 fully saturated rings. The molecule has 0 amide bonds. The molecule has 1 N–H and O–H groups in total. The number of benzene rings is 3. The van der Waals surface area contributed by atoms with Gasteiger partial charge in [-0.05, 0) is 53.6 Å². The molecule has 0 saturated carbocycles. The van der Waals surface area contributed by atoms with E-state index in [1.165, 1.54) is 0 Å². The second kappa shape index (κ2) is 10.4. The SMILES string of the molecule is COc1cc(/C=N/NCc2c(Cl)cccc2Cl)ccc1OCc1cccc(Cl)c1. The van der Waals surface area contributed by atoms with Gasteiger partial charge in [0.15, 0.2) is 11.5 Å². The fourth-order valence-corrected chi connectivity index (χ4v) is 3.36. The summed E-state index contributed by atoms with van der Waals surface area (Å²) in [7, 11) is 1.60. The summed E-state index contributed by atoms with van der Waals surface area (Å²) in [6.07, 6.45) is 1.69. The third-order valence-electron chi connectivity index (χ3n) is 4.09. The molecule has 0 atom stereocenters. The maximum absolute atomic E-state index is 6.15. The van der Waals surface area contributed by atoms with Crippen LogP contribution in [0.3, 0.4) is 0 Å². The van der Waals surface area contributed by atoms with Crippen LogP contribution in [0.25, 0.3) is 0 Å². The number of nitrogens with one attached hydrogen (secondary N) is 1. The summed E-state index contributed by atoms with van der Waals surface area (Å²) in [6, 6.07) is 18.5. The predicted molar refractivity (Wildman–Crippen MR) is 120 cm³/mol. The van der Waals surface area contributed by atoms with E-state index in [2.05, 4.69) is 10.5 Å². The van der Waals surface area contributed by atoms with E-state index in [4.69, 9.17) is 44.3 Å². The van der Waals surface area contributed by atoms with Crippen molar-refractivity contribution in [2.75, 3.05) is 7.11 Å². The lowest BCUT2D eigenvalue weighted by Crippen LogP contribution is -2.06. The Balaban J connectivity index is 1.61. The maximum Gasteiger partial charge on any atom is 0.161 e. The molecule has 0 unspecified atom stereocenters. The number of rotatable bonds is 8. The summed E-state index contributed by atoms with van der Waals surface area (Å²) >= 11 is 18.3. The molecule has 0 radical (unpaired) electrons. The topological polar surface area (TPSA) is 42.8 Å². The third-order valence-corrected chi connectivity index (χ3v) is 5.04. The molecule has 150 valence electrons. The molecule has 7 heteroatoms. The Labute approximate surface area is 185 Å². The van der Waals surface area contributed by atoms with Crippen molar-refractivity contribution in [3.8, 4) is 11.5 Å². The molecule has 3 aromatic carbocycles. The Kier molecular flexibility index (Phi) is 7.64. The predicted octanol–water partition coefficient (Wildman–Crippen LogP) is 6.36. The molecule has 0 aliphatic carbocycles. The molecule has 0 bridgehead atoms. The normalized spacial score (nSPS) is 10.9. The van der Waals surface area contributed by atoms with Gasteiger partial charge in [-0.2, -0.15) is 5.10 Å². The Morgan fingerprint density at radius 2 is 1.69 bits per heavy atom. The summed E-state index contributed by atoms with van der Waals surface area (Å²) in [5, 5.41) is 6.10. The molecule has 4 nitrogen and oxygen atoms in total. The van der Waals surface area contributed by atoms with Crippen LogP contribution in [0, 0.1) is 0 Å². The number of hydrogen-bond acceptors (Lipinski definition) is 4. The Morgan fingerprint density at radius 1 is 0.931 bits per heavy atom. The van der Waals surface area contributed by atoms with Crippen LogP contribution in [0.5, 0.6) is 11.5 Å². The van der Waals surface area contributed by atoms with Gasteiger partial charge >= 0.3 is 0 Å². The van der Waals surface area contributed by atoms with E-state index < -0.39 is 0 Å². The molecular weight excluding hydrogens is 431 g/mol. The summed E-state index contributed by atoms with van der Waals surface area (Å²) in [5.74, 6) is 1.26. The number of halogens is 3. The number of hydrogen-bond donors (Lipinski definition) is 1. The van der Waals surface area contributed by atoms with Gasteiger partial charge in [0, 0.05) is 20.6 Å². The van der Waals surface area contributed by atoms with Gasteiger partial charge in [-0.25, -0.2) is 0 Å². The Bertz CT molecular complexity index is 989. The van der Waals surface area contributed by atoms with E-state index in [1.807, 2.05) is 42.5 Å². The summed E-state index contributed by atoms with van der Waals surface area (Å²) in [4.78, 5) is 0. The highest BCUT2D eigenvalue weighted by Crippen LogP contribution is 2.28. The zero-order valence-electron chi connectivity index (χ0n) is 15.7. The van der Waals surface area contributed by atoms with E-state index >= 15 is 0 Å². The Morgan fingerprint density at radius 3 is 2.41 bits per heavy atom. The fraction of sp³-hybridized carbons (Fsp3) is 0.136. The van der Waals surface area contributed by atoms with Crippen LogP contribution in [0.15, 0.2) is 65.8 Å². The van der Waals surface area contributed by atoms with Gasteiger partial charge in [0.25, 0.3) is 0 Å². The average molecular weight is 450 g/mol. The maximum atomic E-state index is 6.15. The molecule has 0 saturated heterocycles. The highest BCUT2D eigenvalue weighted by atomic mass is 35.5. The van der Waals surface area contributed by atoms with Crippen LogP contribution in [0.1, 0.15) is 16.7 Å². The van der Waals surface area contributed by atoms with Gasteiger partial charge in [-0.1, -0.05) is 53.0 Å². The standard InChI is InChI=1S/C22H19Cl3N2O2/c1-28-22-11-15(12-26-27-13-18-19(24)6-3-7-20(18)25)8-9-21(22)29-14-16-4-2-5-17(23)10-16/h2-12,27H,13-14H2,1H3/b26-12+. The molecule has 0 aromatic heterocycles. The molecule has 3 rings (SSSR count). The summed E-state index contributed by atoms with van der Waals surface area (Å²) in [6.45, 7) is 0.817. The van der Waals surface area contributed by atoms with Crippen LogP contribution in [0.4, 0.5) is 0 Å². The number of ether oxygens (including phenoxy) is 2. The van der Waals surface area contributed by atoms with Crippen molar-refractivity contribution in [1.82, 2.24) is 5.43 Å². The minimum Gasteiger partial charge on any atom is -0.493 e. The zero-order valence-corrected chi connectivity index (χ0v) is 17.9. The lowest BCUT2D eigenvalue weighted by Gasteiger charge is -2.11. The quantitative estimate of drug-likeness (QED) is 0.321. The van der Waals surface area contributed by atoms with E-state index in [9.17, 15) is 0 Å². The minimum absolute atomic E-state index is 0.393. The van der Waals surface area contributed by atoms with Gasteiger partial charge in [0.1, 0.15) is 6.61 Å². The molecular formula is C22H19Cl3N2O2. The van der Waals surface area contributed by atoms with Crippen molar-refractivity contribution in [2.24, 2.45) is 5.10 Å². The highest BCUT2D eigenvalue weighted by molar-refractivity contribution is 6.36. The van der Waals surface area contributed by atoms with Gasteiger partial charge in [0.05, 0.1) is 19.9 Å². The van der Waals surface area contributed by atoms with Crippen molar-refractivity contribution in [3.63, 3.8) is 0 Å². The molecule has 29 heavy (non-hydrogen) atoms. The number of hydrazone groups is 1. The number of methoxy groups -OCH3 is 1. The van der Waals surface area contributed by atoms with Crippen molar-refractivity contribution < 1.29 is 9.47 Å². The average Bonchev–Trinajstić information content (AvgIpc) is 2.71. The second-order valence-electron chi connectivity index (χ2n) is 6.12. The smallest absolute Gasteiger partial charge is 0.161 e. The van der Waals surface area contributed by atoms with Crippen LogP contribution in [-0.4, -0.2) is 13.3 Å². The van der Waals surface area contributed by atoms with E-state index in [0.29, 0.717) is 39.7 Å². The summed E-state index contributed by atoms with van der Waals surface area (Å²) in [5.41, 5.74) is 5.59. The van der Waals surface area contributed by atoms with Crippen molar-refractivity contribution in [1.29, 1.82) is 0 Å². The van der Waals surface area contributed by atoms with Crippen molar-refractivity contribution >= 4 is 41.0 Å². The lowest BCUT2D eigenvalue weighted by molar-refractivity contribution is 0.284. The van der Waals surface area contributed by atoms with Gasteiger partial charge in [0.2, 0.25) is 0 Å². The first kappa shape index (κ1) is 21.3. The second-order valence-corrected chi connectivity index (χ2v) is 7.37. The van der Waals surface area contributed by atoms with Gasteiger partial charge in [-0.15, -0.1) is 0 Å².